The molecule has 0 bridgehead atoms. The Hall–Kier alpha value is -1.59. The van der Waals surface area contributed by atoms with Crippen LogP contribution in [0.5, 0.6) is 5.75 Å². The van der Waals surface area contributed by atoms with Gasteiger partial charge in [-0.3, -0.25) is 9.69 Å². The number of hydrogen-bond donors (Lipinski definition) is 1. The Bertz CT molecular complexity index is 562. The second kappa shape index (κ2) is 7.99. The molecule has 1 heterocycles. The summed E-state index contributed by atoms with van der Waals surface area (Å²) in [4.78, 5) is 13.9. The number of likely N-dealkylation sites (tertiary alicyclic amines) is 1. The van der Waals surface area contributed by atoms with Crippen LogP contribution in [0.2, 0.25) is 0 Å². The predicted octanol–water partition coefficient (Wildman–Crippen LogP) is 2.93. The molecule has 1 saturated carbocycles. The Morgan fingerprint density at radius 2 is 2.12 bits per heavy atom. The number of hydrogen-bond acceptors (Lipinski definition) is 4. The lowest BCUT2D eigenvalue weighted by Crippen LogP contribution is -2.41. The zero-order valence-corrected chi connectivity index (χ0v) is 14.3. The summed E-state index contributed by atoms with van der Waals surface area (Å²) in [5.74, 6) is 0.675. The third-order valence-corrected chi connectivity index (χ3v) is 5.33. The van der Waals surface area contributed by atoms with Crippen molar-refractivity contribution in [3.8, 4) is 5.75 Å². The van der Waals surface area contributed by atoms with Crippen molar-refractivity contribution in [1.29, 1.82) is 0 Å². The van der Waals surface area contributed by atoms with Crippen LogP contribution < -0.4 is 4.74 Å². The Balaban J connectivity index is 1.70. The molecular weight excluding hydrogens is 306 g/mol. The molecule has 1 saturated heterocycles. The van der Waals surface area contributed by atoms with Gasteiger partial charge in [-0.15, -0.1) is 0 Å². The van der Waals surface area contributed by atoms with Crippen LogP contribution in [0.3, 0.4) is 0 Å². The molecule has 132 valence electrons. The van der Waals surface area contributed by atoms with Crippen LogP contribution in [0, 0.1) is 5.92 Å². The summed E-state index contributed by atoms with van der Waals surface area (Å²) in [6.45, 7) is 1.76. The second-order valence-corrected chi connectivity index (χ2v) is 6.86. The van der Waals surface area contributed by atoms with E-state index < -0.39 is 5.97 Å². The first kappa shape index (κ1) is 17.2. The van der Waals surface area contributed by atoms with Gasteiger partial charge in [0.05, 0.1) is 6.61 Å². The van der Waals surface area contributed by atoms with Gasteiger partial charge in [-0.2, -0.15) is 0 Å². The van der Waals surface area contributed by atoms with Gasteiger partial charge in [0.25, 0.3) is 0 Å². The standard InChI is InChI=1S/C19H27NO4/c1-23-9-10-24-16-7-4-5-14(11-16)13-20-17-8-3-2-6-15(17)12-18(20)19(21)22/h4-5,7,11,15,17-18H,2-3,6,8-10,12-13H2,1H3,(H,21,22). The second-order valence-electron chi connectivity index (χ2n) is 6.86. The van der Waals surface area contributed by atoms with Crippen LogP contribution in [0.25, 0.3) is 0 Å². The fourth-order valence-electron chi connectivity index (χ4n) is 4.21. The first-order valence-corrected chi connectivity index (χ1v) is 8.88. The highest BCUT2D eigenvalue weighted by Crippen LogP contribution is 2.40. The van der Waals surface area contributed by atoms with Crippen molar-refractivity contribution in [3.05, 3.63) is 29.8 Å². The van der Waals surface area contributed by atoms with Crippen molar-refractivity contribution >= 4 is 5.97 Å². The molecule has 3 unspecified atom stereocenters. The number of benzene rings is 1. The summed E-state index contributed by atoms with van der Waals surface area (Å²) in [6.07, 6.45) is 5.54. The van der Waals surface area contributed by atoms with Crippen molar-refractivity contribution in [2.75, 3.05) is 20.3 Å². The van der Waals surface area contributed by atoms with Gasteiger partial charge in [0.1, 0.15) is 18.4 Å². The van der Waals surface area contributed by atoms with Crippen LogP contribution >= 0.6 is 0 Å². The summed E-state index contributed by atoms with van der Waals surface area (Å²) in [5.41, 5.74) is 1.11. The van der Waals surface area contributed by atoms with E-state index in [4.69, 9.17) is 9.47 Å². The number of fused-ring (bicyclic) bond motifs is 1. The van der Waals surface area contributed by atoms with Crippen LogP contribution in [0.1, 0.15) is 37.7 Å². The summed E-state index contributed by atoms with van der Waals surface area (Å²) >= 11 is 0. The number of rotatable bonds is 7. The maximum Gasteiger partial charge on any atom is 0.320 e. The quantitative estimate of drug-likeness (QED) is 0.778. The monoisotopic (exact) mass is 333 g/mol. The average molecular weight is 333 g/mol. The predicted molar refractivity (Wildman–Crippen MR) is 91.1 cm³/mol. The zero-order chi connectivity index (χ0) is 16.9. The number of aliphatic carboxylic acids is 1. The normalized spacial score (nSPS) is 27.0. The van der Waals surface area contributed by atoms with Gasteiger partial charge < -0.3 is 14.6 Å². The van der Waals surface area contributed by atoms with E-state index in [2.05, 4.69) is 11.0 Å². The summed E-state index contributed by atoms with van der Waals surface area (Å²) < 4.78 is 10.7. The molecular formula is C19H27NO4. The molecule has 1 aromatic rings. The molecule has 1 aliphatic carbocycles. The fourth-order valence-corrected chi connectivity index (χ4v) is 4.21. The molecule has 1 aliphatic heterocycles. The van der Waals surface area contributed by atoms with Crippen molar-refractivity contribution in [3.63, 3.8) is 0 Å². The molecule has 2 fully saturated rings. The van der Waals surface area contributed by atoms with Crippen LogP contribution in [-0.4, -0.2) is 48.4 Å². The van der Waals surface area contributed by atoms with E-state index in [1.807, 2.05) is 18.2 Å². The lowest BCUT2D eigenvalue weighted by molar-refractivity contribution is -0.142. The highest BCUT2D eigenvalue weighted by atomic mass is 16.5. The highest BCUT2D eigenvalue weighted by Gasteiger charge is 2.44. The number of carboxylic acid groups (broad SMARTS) is 1. The number of methoxy groups -OCH3 is 1. The number of carboxylic acids is 1. The number of nitrogens with zero attached hydrogens (tertiary/aromatic N) is 1. The molecule has 24 heavy (non-hydrogen) atoms. The molecule has 0 spiro atoms. The van der Waals surface area contributed by atoms with E-state index in [-0.39, 0.29) is 6.04 Å². The fraction of sp³-hybridized carbons (Fsp3) is 0.632. The van der Waals surface area contributed by atoms with Gasteiger partial charge in [0, 0.05) is 19.7 Å². The smallest absolute Gasteiger partial charge is 0.320 e. The SMILES string of the molecule is COCCOc1cccc(CN2C(C(=O)O)CC3CCCCC32)c1. The topological polar surface area (TPSA) is 59.0 Å². The van der Waals surface area contributed by atoms with Crippen LogP contribution in [-0.2, 0) is 16.1 Å². The van der Waals surface area contributed by atoms with Gasteiger partial charge >= 0.3 is 5.97 Å². The van der Waals surface area contributed by atoms with E-state index >= 15 is 0 Å². The van der Waals surface area contributed by atoms with Gasteiger partial charge in [-0.05, 0) is 42.9 Å². The lowest BCUT2D eigenvalue weighted by atomic mass is 9.84. The number of ether oxygens (including phenoxy) is 2. The minimum Gasteiger partial charge on any atom is -0.491 e. The minimum absolute atomic E-state index is 0.351. The number of carbonyl (C=O) groups is 1. The average Bonchev–Trinajstić information content (AvgIpc) is 2.95. The Kier molecular flexibility index (Phi) is 5.74. The van der Waals surface area contributed by atoms with E-state index in [0.717, 1.165) is 24.2 Å². The van der Waals surface area contributed by atoms with Crippen molar-refractivity contribution < 1.29 is 19.4 Å². The first-order chi connectivity index (χ1) is 11.7. The molecule has 0 aromatic heterocycles. The Labute approximate surface area is 143 Å². The molecule has 2 aliphatic rings. The van der Waals surface area contributed by atoms with Gasteiger partial charge in [-0.25, -0.2) is 0 Å². The highest BCUT2D eigenvalue weighted by molar-refractivity contribution is 5.74. The maximum absolute atomic E-state index is 11.7. The molecule has 1 N–H and O–H groups in total. The zero-order valence-electron chi connectivity index (χ0n) is 14.3. The molecule has 3 rings (SSSR count). The van der Waals surface area contributed by atoms with E-state index in [1.165, 1.54) is 19.3 Å². The van der Waals surface area contributed by atoms with E-state index in [0.29, 0.717) is 31.7 Å². The van der Waals surface area contributed by atoms with Crippen LogP contribution in [0.4, 0.5) is 0 Å². The summed E-state index contributed by atoms with van der Waals surface area (Å²) in [5, 5.41) is 9.63. The largest absolute Gasteiger partial charge is 0.491 e. The van der Waals surface area contributed by atoms with Crippen molar-refractivity contribution in [1.82, 2.24) is 4.90 Å². The molecule has 1 aromatic carbocycles. The summed E-state index contributed by atoms with van der Waals surface area (Å²) in [7, 11) is 1.65. The molecule has 5 nitrogen and oxygen atoms in total. The molecule has 5 heteroatoms. The Morgan fingerprint density at radius 1 is 1.29 bits per heavy atom. The summed E-state index contributed by atoms with van der Waals surface area (Å²) in [6, 6.07) is 8.04. The van der Waals surface area contributed by atoms with Gasteiger partial charge in [-0.1, -0.05) is 25.0 Å². The first-order valence-electron chi connectivity index (χ1n) is 8.88. The van der Waals surface area contributed by atoms with Gasteiger partial charge in [0.2, 0.25) is 0 Å². The van der Waals surface area contributed by atoms with E-state index in [1.54, 1.807) is 7.11 Å². The van der Waals surface area contributed by atoms with Gasteiger partial charge in [0.15, 0.2) is 0 Å². The third-order valence-electron chi connectivity index (χ3n) is 5.33. The molecule has 3 atom stereocenters. The van der Waals surface area contributed by atoms with Crippen molar-refractivity contribution in [2.45, 2.75) is 50.7 Å². The Morgan fingerprint density at radius 3 is 2.92 bits per heavy atom. The maximum atomic E-state index is 11.7. The third kappa shape index (κ3) is 3.90. The van der Waals surface area contributed by atoms with Crippen molar-refractivity contribution in [2.24, 2.45) is 5.92 Å². The minimum atomic E-state index is -0.683. The van der Waals surface area contributed by atoms with E-state index in [9.17, 15) is 9.90 Å². The van der Waals surface area contributed by atoms with Crippen LogP contribution in [0.15, 0.2) is 24.3 Å². The lowest BCUT2D eigenvalue weighted by Gasteiger charge is -2.33. The molecule has 0 amide bonds. The molecule has 0 radical (unpaired) electrons.